The van der Waals surface area contributed by atoms with Crippen molar-refractivity contribution in [1.82, 2.24) is 0 Å². The summed E-state index contributed by atoms with van der Waals surface area (Å²) in [6.45, 7) is 9.02. The third-order valence-electron chi connectivity index (χ3n) is 21.3. The highest BCUT2D eigenvalue weighted by Gasteiger charge is 2.91. The smallest absolute Gasteiger partial charge is 0.309 e. The molecule has 19 atom stereocenters. The molecule has 61 heavy (non-hydrogen) atoms. The van der Waals surface area contributed by atoms with Gasteiger partial charge < -0.3 is 33.2 Å². The van der Waals surface area contributed by atoms with Crippen LogP contribution < -0.4 is 0 Å². The maximum absolute atomic E-state index is 13.2. The minimum Gasteiger partial charge on any atom is -0.469 e. The van der Waals surface area contributed by atoms with E-state index in [0.29, 0.717) is 38.5 Å². The van der Waals surface area contributed by atoms with Gasteiger partial charge in [0.15, 0.2) is 11.6 Å². The lowest BCUT2D eigenvalue weighted by atomic mass is 9.41. The number of hydrogen-bond donors (Lipinski definition) is 0. The van der Waals surface area contributed by atoms with Crippen LogP contribution in [0.4, 0.5) is 0 Å². The van der Waals surface area contributed by atoms with E-state index in [1.807, 2.05) is 0 Å². The van der Waals surface area contributed by atoms with Crippen molar-refractivity contribution in [3.05, 3.63) is 11.6 Å². The third-order valence-corrected chi connectivity index (χ3v) is 21.3. The van der Waals surface area contributed by atoms with E-state index in [2.05, 4.69) is 27.7 Å². The Kier molecular flexibility index (Phi) is 7.72. The van der Waals surface area contributed by atoms with Crippen molar-refractivity contribution in [3.63, 3.8) is 0 Å². The SMILES string of the molecule is COC(=O)[C@@H]1CC2=CC(=O)CC[C@]2(C)C2C1C1CC[C@@]3(CCC(=O)O3)[C@@]1(C)[C@H]1O[C@@H]21.COC(=O)[C@@H]1C[C@@]23O[C@@H]2C(=O)CC[C@]3(C)[C@@]23O[C@@H]2C[C@@]2(C)C(CC[C@@]24CCC(=O)O4)C13. The van der Waals surface area contributed by atoms with Crippen LogP contribution in [0.15, 0.2) is 11.6 Å². The van der Waals surface area contributed by atoms with Crippen LogP contribution in [0.2, 0.25) is 0 Å². The van der Waals surface area contributed by atoms with Gasteiger partial charge in [0.1, 0.15) is 28.5 Å². The molecule has 7 saturated carbocycles. The average molecular weight is 845 g/mol. The molecule has 12 fully saturated rings. The number of methoxy groups -OCH3 is 2. The van der Waals surface area contributed by atoms with Gasteiger partial charge in [0.05, 0.1) is 44.4 Å². The standard InChI is InChI=1S/C24H30O7.C24H30O6/c1-20-11-15-24(29-15)17(13(20)4-8-22(20)9-6-16(26)30-22)12(19(27)28-3)10-23-18(31-23)14(25)5-7-21(23,24)2;1-22-7-4-13(25)10-12(22)11-14(21(27)28-3)17-15-5-8-24(9-6-16(26)30-24)23(15,2)20-19(29-20)18(17)22/h12-13,15,17-18H,4-11H2,1-3H3;10,14-15,17-20H,4-9,11H2,1-3H3/t12-,13?,15-,17?,18-,20+,21+,22-,23-,24-;14-,15?,17?,18?,19+,20+,22+,23-,24-/m11/s1. The molecule has 0 aromatic rings. The second kappa shape index (κ2) is 11.9. The van der Waals surface area contributed by atoms with Gasteiger partial charge in [-0.15, -0.1) is 0 Å². The molecule has 5 unspecified atom stereocenters. The zero-order valence-electron chi connectivity index (χ0n) is 36.3. The van der Waals surface area contributed by atoms with Gasteiger partial charge in [0.2, 0.25) is 0 Å². The number of allylic oxidation sites excluding steroid dienone is 1. The fourth-order valence-corrected chi connectivity index (χ4v) is 18.2. The number of carbonyl (C=O) groups is 6. The van der Waals surface area contributed by atoms with Gasteiger partial charge in [0.25, 0.3) is 0 Å². The molecular formula is C48H60O13. The van der Waals surface area contributed by atoms with E-state index >= 15 is 0 Å². The summed E-state index contributed by atoms with van der Waals surface area (Å²) >= 11 is 0. The highest BCUT2D eigenvalue weighted by atomic mass is 16.6. The number of Topliss-reactive ketones (excluding diaryl/α,β-unsaturated/α-hetero) is 1. The monoisotopic (exact) mass is 844 g/mol. The summed E-state index contributed by atoms with van der Waals surface area (Å²) in [4.78, 5) is 75.2. The zero-order chi connectivity index (χ0) is 42.7. The highest BCUT2D eigenvalue weighted by molar-refractivity contribution is 5.92. The maximum atomic E-state index is 13.2. The number of hydrogen-bond acceptors (Lipinski definition) is 13. The average Bonchev–Trinajstić information content (AvgIpc) is 4.18. The molecule has 0 aromatic carbocycles. The van der Waals surface area contributed by atoms with E-state index < -0.39 is 28.5 Å². The van der Waals surface area contributed by atoms with Crippen LogP contribution in [-0.2, 0) is 61.9 Å². The molecule has 5 heterocycles. The second-order valence-electron chi connectivity index (χ2n) is 22.6. The molecule has 5 aliphatic heterocycles. The van der Waals surface area contributed by atoms with E-state index in [4.69, 9.17) is 33.2 Å². The molecule has 0 aromatic heterocycles. The van der Waals surface area contributed by atoms with E-state index in [-0.39, 0.29) is 117 Å². The minimum atomic E-state index is -0.601. The molecule has 4 spiro atoms. The van der Waals surface area contributed by atoms with E-state index in [9.17, 15) is 28.8 Å². The summed E-state index contributed by atoms with van der Waals surface area (Å²) in [7, 11) is 2.90. The highest BCUT2D eigenvalue weighted by Crippen LogP contribution is 2.82. The Morgan fingerprint density at radius 1 is 0.721 bits per heavy atom. The topological polar surface area (TPSA) is 177 Å². The Labute approximate surface area is 356 Å². The molecule has 8 aliphatic carbocycles. The van der Waals surface area contributed by atoms with Crippen LogP contribution in [0.5, 0.6) is 0 Å². The van der Waals surface area contributed by atoms with Crippen molar-refractivity contribution in [2.45, 2.75) is 171 Å². The first-order valence-electron chi connectivity index (χ1n) is 23.3. The lowest BCUT2D eigenvalue weighted by Gasteiger charge is -2.59. The van der Waals surface area contributed by atoms with Gasteiger partial charge in [-0.1, -0.05) is 33.3 Å². The van der Waals surface area contributed by atoms with Gasteiger partial charge >= 0.3 is 23.9 Å². The van der Waals surface area contributed by atoms with Crippen LogP contribution in [-0.4, -0.2) is 96.5 Å². The largest absolute Gasteiger partial charge is 0.469 e. The Bertz CT molecular complexity index is 2130. The summed E-state index contributed by atoms with van der Waals surface area (Å²) in [6, 6.07) is 0. The number of rotatable bonds is 2. The van der Waals surface area contributed by atoms with Crippen LogP contribution in [0.1, 0.15) is 124 Å². The first-order valence-corrected chi connectivity index (χ1v) is 23.3. The Balaban J connectivity index is 0.000000131. The Hall–Kier alpha value is -3.16. The molecule has 13 nitrogen and oxygen atoms in total. The molecule has 5 saturated heterocycles. The van der Waals surface area contributed by atoms with Gasteiger partial charge in [0, 0.05) is 53.8 Å². The van der Waals surface area contributed by atoms with Gasteiger partial charge in [-0.2, -0.15) is 0 Å². The molecule has 13 aliphatic rings. The number of epoxide rings is 3. The quantitative estimate of drug-likeness (QED) is 0.199. The maximum Gasteiger partial charge on any atom is 0.309 e. The van der Waals surface area contributed by atoms with E-state index in [0.717, 1.165) is 63.4 Å². The van der Waals surface area contributed by atoms with Crippen molar-refractivity contribution in [2.24, 2.45) is 63.1 Å². The minimum absolute atomic E-state index is 0.000380. The summed E-state index contributed by atoms with van der Waals surface area (Å²) in [5.41, 5.74) is -1.74. The normalized spacial score (nSPS) is 56.8. The first-order chi connectivity index (χ1) is 28.9. The molecule has 0 bridgehead atoms. The predicted octanol–water partition coefficient (Wildman–Crippen LogP) is 5.32. The molecule has 330 valence electrons. The fourth-order valence-electron chi connectivity index (χ4n) is 18.2. The molecular weight excluding hydrogens is 785 g/mol. The molecule has 13 rings (SSSR count). The lowest BCUT2D eigenvalue weighted by molar-refractivity contribution is -0.184. The van der Waals surface area contributed by atoms with Gasteiger partial charge in [-0.3, -0.25) is 28.8 Å². The van der Waals surface area contributed by atoms with Crippen molar-refractivity contribution in [1.29, 1.82) is 0 Å². The van der Waals surface area contributed by atoms with Crippen LogP contribution in [0, 0.1) is 63.1 Å². The number of fused-ring (bicyclic) bond motifs is 12. The van der Waals surface area contributed by atoms with Gasteiger partial charge in [-0.05, 0) is 99.9 Å². The van der Waals surface area contributed by atoms with Gasteiger partial charge in [-0.25, -0.2) is 0 Å². The number of esters is 4. The van der Waals surface area contributed by atoms with Crippen molar-refractivity contribution in [3.8, 4) is 0 Å². The number of ketones is 2. The number of carbonyl (C=O) groups excluding carboxylic acids is 6. The van der Waals surface area contributed by atoms with Crippen molar-refractivity contribution in [2.75, 3.05) is 14.2 Å². The molecule has 0 amide bonds. The van der Waals surface area contributed by atoms with E-state index in [1.54, 1.807) is 6.08 Å². The Morgan fingerprint density at radius 3 is 2.08 bits per heavy atom. The third kappa shape index (κ3) is 4.41. The summed E-state index contributed by atoms with van der Waals surface area (Å²) < 4.78 is 42.0. The predicted molar refractivity (Wildman–Crippen MR) is 210 cm³/mol. The van der Waals surface area contributed by atoms with E-state index in [1.165, 1.54) is 14.2 Å². The Morgan fingerprint density at radius 2 is 1.39 bits per heavy atom. The number of ether oxygens (including phenoxy) is 7. The van der Waals surface area contributed by atoms with Crippen LogP contribution in [0.25, 0.3) is 0 Å². The zero-order valence-corrected chi connectivity index (χ0v) is 36.3. The van der Waals surface area contributed by atoms with Crippen molar-refractivity contribution >= 4 is 35.4 Å². The summed E-state index contributed by atoms with van der Waals surface area (Å²) in [5.74, 6) is -0.149. The molecule has 0 N–H and O–H groups in total. The molecule has 13 heteroatoms. The van der Waals surface area contributed by atoms with Crippen LogP contribution in [0.3, 0.4) is 0 Å². The van der Waals surface area contributed by atoms with Crippen molar-refractivity contribution < 1.29 is 61.9 Å². The first kappa shape index (κ1) is 39.4. The van der Waals surface area contributed by atoms with Crippen LogP contribution >= 0.6 is 0 Å². The second-order valence-corrected chi connectivity index (χ2v) is 22.6. The summed E-state index contributed by atoms with van der Waals surface area (Å²) in [5, 5.41) is 0. The summed E-state index contributed by atoms with van der Waals surface area (Å²) in [6.07, 6.45) is 12.1. The lowest BCUT2D eigenvalue weighted by Crippen LogP contribution is -2.68. The molecule has 0 radical (unpaired) electrons. The fraction of sp³-hybridized carbons (Fsp3) is 0.833.